The first-order chi connectivity index (χ1) is 14.9. The standard InChI is InChI=1S/C20H8N4O3S4/c1-4-9(2)26-13-15-17(30-19(28-15)11(5-21)6-22)14(27-10(3)25)18-16(13)29-20(31-18)12(7-23)8-24/h4H,1-2H2,3H3. The van der Waals surface area contributed by atoms with Crippen LogP contribution in [0.5, 0.6) is 11.5 Å². The van der Waals surface area contributed by atoms with Crippen LogP contribution in [0.2, 0.25) is 0 Å². The van der Waals surface area contributed by atoms with Gasteiger partial charge in [0.05, 0.1) is 28.1 Å². The van der Waals surface area contributed by atoms with Crippen molar-refractivity contribution in [1.82, 2.24) is 0 Å². The minimum Gasteiger partial charge on any atom is -0.456 e. The van der Waals surface area contributed by atoms with Crippen LogP contribution in [0.1, 0.15) is 6.92 Å². The summed E-state index contributed by atoms with van der Waals surface area (Å²) in [7, 11) is 0. The van der Waals surface area contributed by atoms with Crippen molar-refractivity contribution >= 4 is 53.0 Å². The molecule has 0 saturated heterocycles. The van der Waals surface area contributed by atoms with Crippen molar-refractivity contribution in [2.45, 2.75) is 26.5 Å². The average molecular weight is 481 g/mol. The lowest BCUT2D eigenvalue weighted by Crippen LogP contribution is -2.05. The molecule has 0 radical (unpaired) electrons. The first-order valence-electron chi connectivity index (χ1n) is 8.10. The molecule has 0 unspecified atom stereocenters. The zero-order valence-electron chi connectivity index (χ0n) is 15.6. The first kappa shape index (κ1) is 22.5. The van der Waals surface area contributed by atoms with Crippen molar-refractivity contribution in [3.05, 3.63) is 44.6 Å². The number of nitriles is 4. The molecule has 150 valence electrons. The van der Waals surface area contributed by atoms with Crippen molar-refractivity contribution in [2.24, 2.45) is 0 Å². The van der Waals surface area contributed by atoms with Crippen molar-refractivity contribution in [1.29, 1.82) is 21.0 Å². The molecule has 1 aromatic rings. The SMILES string of the molecule is C=CC(=C)Oc1c2c(c(OC(C)=O)c3c1SC(=C(C#N)C#N)S3)SC(=C(C#N)C#N)S2. The zero-order chi connectivity index (χ0) is 22.7. The maximum Gasteiger partial charge on any atom is 0.308 e. The number of thioether (sulfide) groups is 4. The minimum absolute atomic E-state index is 0.0780. The number of nitrogens with zero attached hydrogens (tertiary/aromatic N) is 4. The van der Waals surface area contributed by atoms with Crippen LogP contribution in [0.3, 0.4) is 0 Å². The van der Waals surface area contributed by atoms with E-state index in [0.29, 0.717) is 33.8 Å². The molecule has 0 N–H and O–H groups in total. The number of fused-ring (bicyclic) bond motifs is 2. The third kappa shape index (κ3) is 4.18. The van der Waals surface area contributed by atoms with Gasteiger partial charge >= 0.3 is 5.97 Å². The number of esters is 1. The highest BCUT2D eigenvalue weighted by Crippen LogP contribution is 2.68. The quantitative estimate of drug-likeness (QED) is 0.175. The van der Waals surface area contributed by atoms with Gasteiger partial charge in [-0.2, -0.15) is 21.0 Å². The van der Waals surface area contributed by atoms with Crippen LogP contribution in [-0.2, 0) is 4.79 Å². The number of benzene rings is 1. The van der Waals surface area contributed by atoms with E-state index in [0.717, 1.165) is 47.0 Å². The fraction of sp³-hybridized carbons (Fsp3) is 0.0500. The Morgan fingerprint density at radius 2 is 1.16 bits per heavy atom. The molecule has 2 aliphatic heterocycles. The summed E-state index contributed by atoms with van der Waals surface area (Å²) in [5.41, 5.74) is -0.156. The van der Waals surface area contributed by atoms with Crippen LogP contribution in [0.15, 0.2) is 64.2 Å². The average Bonchev–Trinajstić information content (AvgIpc) is 3.37. The maximum absolute atomic E-state index is 11.8. The Hall–Kier alpha value is -3.19. The van der Waals surface area contributed by atoms with E-state index >= 15 is 0 Å². The summed E-state index contributed by atoms with van der Waals surface area (Å²) in [6.07, 6.45) is 1.41. The van der Waals surface area contributed by atoms with Gasteiger partial charge in [0.15, 0.2) is 11.5 Å². The van der Waals surface area contributed by atoms with Gasteiger partial charge in [0.25, 0.3) is 0 Å². The van der Waals surface area contributed by atoms with E-state index in [-0.39, 0.29) is 22.7 Å². The van der Waals surface area contributed by atoms with E-state index < -0.39 is 5.97 Å². The summed E-state index contributed by atoms with van der Waals surface area (Å²) in [6, 6.07) is 7.44. The van der Waals surface area contributed by atoms with Gasteiger partial charge < -0.3 is 9.47 Å². The number of carbonyl (C=O) groups is 1. The third-order valence-electron chi connectivity index (χ3n) is 3.58. The summed E-state index contributed by atoms with van der Waals surface area (Å²) in [5, 5.41) is 37.1. The lowest BCUT2D eigenvalue weighted by Gasteiger charge is -2.16. The molecule has 11 heteroatoms. The van der Waals surface area contributed by atoms with Gasteiger partial charge in [0.2, 0.25) is 0 Å². The summed E-state index contributed by atoms with van der Waals surface area (Å²) >= 11 is 4.50. The second kappa shape index (κ2) is 9.31. The molecule has 7 nitrogen and oxygen atoms in total. The van der Waals surface area contributed by atoms with Gasteiger partial charge in [-0.25, -0.2) is 0 Å². The van der Waals surface area contributed by atoms with Gasteiger partial charge in [-0.15, -0.1) is 0 Å². The fourth-order valence-electron chi connectivity index (χ4n) is 2.34. The molecule has 2 heterocycles. The Morgan fingerprint density at radius 3 is 1.45 bits per heavy atom. The number of hydrogen-bond donors (Lipinski definition) is 0. The Kier molecular flexibility index (Phi) is 6.75. The predicted octanol–water partition coefficient (Wildman–Crippen LogP) is 5.60. The molecule has 0 saturated carbocycles. The monoisotopic (exact) mass is 480 g/mol. The smallest absolute Gasteiger partial charge is 0.308 e. The van der Waals surface area contributed by atoms with Crippen LogP contribution >= 0.6 is 47.0 Å². The van der Waals surface area contributed by atoms with Crippen LogP contribution in [0, 0.1) is 45.3 Å². The Labute approximate surface area is 194 Å². The van der Waals surface area contributed by atoms with Crippen LogP contribution in [-0.4, -0.2) is 5.97 Å². The molecule has 3 rings (SSSR count). The van der Waals surface area contributed by atoms with Gasteiger partial charge in [-0.3, -0.25) is 4.79 Å². The summed E-state index contributed by atoms with van der Waals surface area (Å²) in [5.74, 6) is 0.259. The van der Waals surface area contributed by atoms with E-state index in [9.17, 15) is 25.8 Å². The molecule has 0 atom stereocenters. The molecular weight excluding hydrogens is 473 g/mol. The zero-order valence-corrected chi connectivity index (χ0v) is 18.9. The molecule has 0 amide bonds. The Balaban J connectivity index is 2.33. The highest BCUT2D eigenvalue weighted by molar-refractivity contribution is 8.26. The maximum atomic E-state index is 11.8. The molecule has 31 heavy (non-hydrogen) atoms. The van der Waals surface area contributed by atoms with Crippen molar-refractivity contribution in [2.75, 3.05) is 0 Å². The number of allylic oxidation sites excluding steroid dienone is 3. The molecule has 0 bridgehead atoms. The van der Waals surface area contributed by atoms with E-state index in [1.165, 1.54) is 13.0 Å². The molecule has 0 aromatic heterocycles. The lowest BCUT2D eigenvalue weighted by atomic mass is 10.3. The Bertz CT molecular complexity index is 1190. The number of ether oxygens (including phenoxy) is 2. The van der Waals surface area contributed by atoms with E-state index in [2.05, 4.69) is 13.2 Å². The number of hydrogen-bond acceptors (Lipinski definition) is 11. The van der Waals surface area contributed by atoms with Gasteiger partial charge in [-0.1, -0.05) is 60.2 Å². The second-order valence-electron chi connectivity index (χ2n) is 5.52. The van der Waals surface area contributed by atoms with Crippen LogP contribution in [0.25, 0.3) is 0 Å². The number of carbonyl (C=O) groups excluding carboxylic acids is 1. The van der Waals surface area contributed by atoms with Gasteiger partial charge in [0.1, 0.15) is 41.2 Å². The summed E-state index contributed by atoms with van der Waals surface area (Å²) < 4.78 is 12.2. The third-order valence-corrected chi connectivity index (χ3v) is 8.77. The van der Waals surface area contributed by atoms with Crippen LogP contribution < -0.4 is 9.47 Å². The van der Waals surface area contributed by atoms with Crippen molar-refractivity contribution < 1.29 is 14.3 Å². The Morgan fingerprint density at radius 1 is 0.806 bits per heavy atom. The predicted molar refractivity (Wildman–Crippen MR) is 118 cm³/mol. The van der Waals surface area contributed by atoms with E-state index in [1.807, 2.05) is 24.3 Å². The number of rotatable bonds is 4. The largest absolute Gasteiger partial charge is 0.456 e. The molecular formula is C20H8N4O3S4. The first-order valence-corrected chi connectivity index (χ1v) is 11.4. The highest BCUT2D eigenvalue weighted by atomic mass is 32.2. The summed E-state index contributed by atoms with van der Waals surface area (Å²) in [6.45, 7) is 8.66. The van der Waals surface area contributed by atoms with Crippen molar-refractivity contribution in [3.63, 3.8) is 0 Å². The van der Waals surface area contributed by atoms with Crippen molar-refractivity contribution in [3.8, 4) is 35.8 Å². The van der Waals surface area contributed by atoms with E-state index in [1.54, 1.807) is 0 Å². The summed E-state index contributed by atoms with van der Waals surface area (Å²) in [4.78, 5) is 13.9. The van der Waals surface area contributed by atoms with E-state index in [4.69, 9.17) is 9.47 Å². The molecule has 2 aliphatic rings. The van der Waals surface area contributed by atoms with Crippen LogP contribution in [0.4, 0.5) is 0 Å². The second-order valence-corrected chi connectivity index (χ2v) is 10.1. The van der Waals surface area contributed by atoms with Gasteiger partial charge in [0, 0.05) is 6.92 Å². The van der Waals surface area contributed by atoms with Gasteiger partial charge in [-0.05, 0) is 6.08 Å². The molecule has 0 spiro atoms. The highest BCUT2D eigenvalue weighted by Gasteiger charge is 2.39. The molecule has 0 fully saturated rings. The molecule has 1 aromatic carbocycles. The lowest BCUT2D eigenvalue weighted by molar-refractivity contribution is -0.132. The fourth-order valence-corrected chi connectivity index (χ4v) is 7.51. The minimum atomic E-state index is -0.568. The normalized spacial score (nSPS) is 12.9. The topological polar surface area (TPSA) is 131 Å². The molecule has 0 aliphatic carbocycles.